The van der Waals surface area contributed by atoms with Crippen LogP contribution in [-0.2, 0) is 19.5 Å². The molecule has 0 atom stereocenters. The summed E-state index contributed by atoms with van der Waals surface area (Å²) >= 11 is 0. The maximum absolute atomic E-state index is 13.7. The molecule has 5 nitrogen and oxygen atoms in total. The van der Waals surface area contributed by atoms with Gasteiger partial charge in [0.05, 0.1) is 5.69 Å². The molecule has 30 heavy (non-hydrogen) atoms. The molecule has 3 heterocycles. The van der Waals surface area contributed by atoms with Gasteiger partial charge in [0.15, 0.2) is 0 Å². The van der Waals surface area contributed by atoms with E-state index in [-0.39, 0.29) is 5.91 Å². The summed E-state index contributed by atoms with van der Waals surface area (Å²) in [4.78, 5) is 22.9. The molecule has 1 amide bonds. The van der Waals surface area contributed by atoms with E-state index in [0.717, 1.165) is 49.4 Å². The van der Waals surface area contributed by atoms with Crippen molar-refractivity contribution in [1.29, 1.82) is 0 Å². The van der Waals surface area contributed by atoms with Gasteiger partial charge >= 0.3 is 0 Å². The highest BCUT2D eigenvalue weighted by Crippen LogP contribution is 2.29. The molecule has 0 saturated heterocycles. The van der Waals surface area contributed by atoms with Crippen LogP contribution in [-0.4, -0.2) is 40.5 Å². The molecule has 0 aliphatic carbocycles. The van der Waals surface area contributed by atoms with E-state index in [1.54, 1.807) is 0 Å². The molecule has 0 saturated carbocycles. The molecule has 0 unspecified atom stereocenters. The number of amides is 1. The normalized spacial score (nSPS) is 16.4. The minimum atomic E-state index is 0.0629. The van der Waals surface area contributed by atoms with Crippen LogP contribution in [0.3, 0.4) is 0 Å². The van der Waals surface area contributed by atoms with Crippen molar-refractivity contribution in [3.8, 4) is 11.4 Å². The number of nitrogens with zero attached hydrogens (tertiary/aromatic N) is 4. The zero-order valence-corrected chi connectivity index (χ0v) is 17.6. The average molecular weight is 401 g/mol. The van der Waals surface area contributed by atoms with Gasteiger partial charge in [0, 0.05) is 44.5 Å². The average Bonchev–Trinajstić information content (AvgIpc) is 2.91. The van der Waals surface area contributed by atoms with Crippen molar-refractivity contribution in [1.82, 2.24) is 14.5 Å². The van der Waals surface area contributed by atoms with E-state index in [9.17, 15) is 4.79 Å². The lowest BCUT2D eigenvalue weighted by molar-refractivity contribution is 0.0745. The van der Waals surface area contributed by atoms with E-state index >= 15 is 0 Å². The Kier molecular flexibility index (Phi) is 5.03. The number of imidazole rings is 1. The molecule has 0 spiro atoms. The second-order valence-corrected chi connectivity index (χ2v) is 8.34. The van der Waals surface area contributed by atoms with Crippen LogP contribution in [0.5, 0.6) is 0 Å². The molecule has 1 aromatic heterocycles. The molecule has 2 aromatic carbocycles. The highest BCUT2D eigenvalue weighted by atomic mass is 16.2. The standard InChI is InChI=1S/C25H28N4O/c1-27-16-17-28(18-20-12-7-8-13-21(20)27)25(30)23-22-14-6-3-9-15-29(22)24(26-23)19-10-4-2-5-11-19/h2,4-5,7-8,10-13H,3,6,9,14-18H2,1H3. The first-order valence-corrected chi connectivity index (χ1v) is 11.0. The van der Waals surface area contributed by atoms with E-state index in [1.807, 2.05) is 23.1 Å². The third kappa shape index (κ3) is 3.38. The lowest BCUT2D eigenvalue weighted by Gasteiger charge is -2.21. The minimum absolute atomic E-state index is 0.0629. The van der Waals surface area contributed by atoms with Gasteiger partial charge in [-0.2, -0.15) is 0 Å². The van der Waals surface area contributed by atoms with Crippen LogP contribution in [0.4, 0.5) is 5.69 Å². The molecule has 0 fully saturated rings. The molecule has 154 valence electrons. The van der Waals surface area contributed by atoms with Gasteiger partial charge in [-0.1, -0.05) is 55.0 Å². The fourth-order valence-electron chi connectivity index (χ4n) is 4.71. The first-order valence-electron chi connectivity index (χ1n) is 11.0. The summed E-state index contributed by atoms with van der Waals surface area (Å²) < 4.78 is 2.30. The van der Waals surface area contributed by atoms with Crippen LogP contribution in [0.1, 0.15) is 41.0 Å². The van der Waals surface area contributed by atoms with Gasteiger partial charge in [-0.05, 0) is 30.9 Å². The number of aromatic nitrogens is 2. The third-order valence-corrected chi connectivity index (χ3v) is 6.36. The summed E-state index contributed by atoms with van der Waals surface area (Å²) in [6.07, 6.45) is 4.38. The lowest BCUT2D eigenvalue weighted by atomic mass is 10.1. The van der Waals surface area contributed by atoms with E-state index < -0.39 is 0 Å². The van der Waals surface area contributed by atoms with E-state index in [1.165, 1.54) is 17.7 Å². The van der Waals surface area contributed by atoms with Crippen molar-refractivity contribution in [3.05, 3.63) is 71.5 Å². The Bertz CT molecular complexity index is 1060. The van der Waals surface area contributed by atoms with Gasteiger partial charge in [-0.25, -0.2) is 4.98 Å². The maximum Gasteiger partial charge on any atom is 0.274 e. The lowest BCUT2D eigenvalue weighted by Crippen LogP contribution is -2.35. The summed E-state index contributed by atoms with van der Waals surface area (Å²) in [5.74, 6) is 0.996. The molecule has 0 bridgehead atoms. The number of carbonyl (C=O) groups is 1. The second-order valence-electron chi connectivity index (χ2n) is 8.34. The van der Waals surface area contributed by atoms with E-state index in [4.69, 9.17) is 4.98 Å². The molecule has 0 radical (unpaired) electrons. The number of anilines is 1. The number of likely N-dealkylation sites (N-methyl/N-ethyl adjacent to an activating group) is 1. The minimum Gasteiger partial charge on any atom is -0.373 e. The Morgan fingerprint density at radius 1 is 0.900 bits per heavy atom. The summed E-state index contributed by atoms with van der Waals surface area (Å²) in [5.41, 5.74) is 5.25. The van der Waals surface area contributed by atoms with E-state index in [2.05, 4.69) is 52.9 Å². The zero-order chi connectivity index (χ0) is 20.5. The topological polar surface area (TPSA) is 41.4 Å². The molecule has 2 aliphatic heterocycles. The smallest absolute Gasteiger partial charge is 0.274 e. The number of hydrogen-bond donors (Lipinski definition) is 0. The van der Waals surface area contributed by atoms with Gasteiger partial charge in [-0.15, -0.1) is 0 Å². The van der Waals surface area contributed by atoms with Crippen LogP contribution >= 0.6 is 0 Å². The van der Waals surface area contributed by atoms with Crippen molar-refractivity contribution in [3.63, 3.8) is 0 Å². The highest BCUT2D eigenvalue weighted by molar-refractivity contribution is 5.94. The van der Waals surface area contributed by atoms with Crippen LogP contribution in [0.2, 0.25) is 0 Å². The summed E-state index contributed by atoms with van der Waals surface area (Å²) in [6.45, 7) is 3.10. The van der Waals surface area contributed by atoms with Crippen LogP contribution in [0, 0.1) is 0 Å². The zero-order valence-electron chi connectivity index (χ0n) is 17.6. The molecule has 2 aliphatic rings. The summed E-state index contributed by atoms with van der Waals surface area (Å²) in [6, 6.07) is 18.7. The number of carbonyl (C=O) groups excluding carboxylic acids is 1. The molecule has 3 aromatic rings. The maximum atomic E-state index is 13.7. The predicted octanol–water partition coefficient (Wildman–Crippen LogP) is 4.37. The Morgan fingerprint density at radius 2 is 1.70 bits per heavy atom. The second kappa shape index (κ2) is 7.98. The molecular weight excluding hydrogens is 372 g/mol. The Labute approximate surface area is 178 Å². The number of hydrogen-bond acceptors (Lipinski definition) is 3. The van der Waals surface area contributed by atoms with Crippen molar-refractivity contribution in [2.24, 2.45) is 0 Å². The van der Waals surface area contributed by atoms with Gasteiger partial charge in [0.1, 0.15) is 11.5 Å². The monoisotopic (exact) mass is 400 g/mol. The van der Waals surface area contributed by atoms with Gasteiger partial charge in [0.25, 0.3) is 5.91 Å². The van der Waals surface area contributed by atoms with Gasteiger partial charge in [0.2, 0.25) is 0 Å². The van der Waals surface area contributed by atoms with Crippen molar-refractivity contribution in [2.75, 3.05) is 25.0 Å². The first-order chi connectivity index (χ1) is 14.7. The Morgan fingerprint density at radius 3 is 2.57 bits per heavy atom. The largest absolute Gasteiger partial charge is 0.373 e. The number of fused-ring (bicyclic) bond motifs is 2. The number of para-hydroxylation sites is 1. The number of rotatable bonds is 2. The summed E-state index contributed by atoms with van der Waals surface area (Å²) in [7, 11) is 2.10. The van der Waals surface area contributed by atoms with Crippen LogP contribution < -0.4 is 4.90 Å². The van der Waals surface area contributed by atoms with Crippen molar-refractivity contribution >= 4 is 11.6 Å². The van der Waals surface area contributed by atoms with Crippen molar-refractivity contribution in [2.45, 2.75) is 38.8 Å². The molecular formula is C25H28N4O. The van der Waals surface area contributed by atoms with Crippen molar-refractivity contribution < 1.29 is 4.79 Å². The Balaban J connectivity index is 1.54. The predicted molar refractivity (Wildman–Crippen MR) is 120 cm³/mol. The molecule has 5 rings (SSSR count). The molecule has 0 N–H and O–H groups in total. The number of benzene rings is 2. The van der Waals surface area contributed by atoms with Gasteiger partial charge < -0.3 is 14.4 Å². The van der Waals surface area contributed by atoms with Crippen LogP contribution in [0.25, 0.3) is 11.4 Å². The SMILES string of the molecule is CN1CCN(C(=O)c2nc(-c3ccccc3)n3c2CCCCC3)Cc2ccccc21. The fourth-order valence-corrected chi connectivity index (χ4v) is 4.71. The quantitative estimate of drug-likeness (QED) is 0.641. The Hall–Kier alpha value is -3.08. The van der Waals surface area contributed by atoms with Crippen LogP contribution in [0.15, 0.2) is 54.6 Å². The first kappa shape index (κ1) is 18.9. The summed E-state index contributed by atoms with van der Waals surface area (Å²) in [5, 5.41) is 0. The molecule has 5 heteroatoms. The van der Waals surface area contributed by atoms with Gasteiger partial charge in [-0.3, -0.25) is 4.79 Å². The third-order valence-electron chi connectivity index (χ3n) is 6.36. The highest BCUT2D eigenvalue weighted by Gasteiger charge is 2.29. The fraction of sp³-hybridized carbons (Fsp3) is 0.360. The van der Waals surface area contributed by atoms with E-state index in [0.29, 0.717) is 18.8 Å².